The lowest BCUT2D eigenvalue weighted by Gasteiger charge is -2.22. The summed E-state index contributed by atoms with van der Waals surface area (Å²) in [5, 5.41) is 4.55. The molecule has 43 heavy (non-hydrogen) atoms. The number of aromatic nitrogens is 1. The minimum Gasteiger partial charge on any atom is -0.453 e. The minimum atomic E-state index is -4.83. The lowest BCUT2D eigenvalue weighted by atomic mass is 9.92. The average Bonchev–Trinajstić information content (AvgIpc) is 3.64. The molecule has 2 aliphatic heterocycles. The van der Waals surface area contributed by atoms with Gasteiger partial charge in [-0.2, -0.15) is 13.2 Å². The van der Waals surface area contributed by atoms with Crippen LogP contribution in [0.15, 0.2) is 75.6 Å². The van der Waals surface area contributed by atoms with Crippen LogP contribution in [-0.4, -0.2) is 29.9 Å². The maximum Gasteiger partial charge on any atom is 0.416 e. The molecule has 1 aromatic heterocycles. The number of rotatable bonds is 6. The van der Waals surface area contributed by atoms with Crippen LogP contribution in [0.2, 0.25) is 0 Å². The Hall–Kier alpha value is -4.32. The molecule has 0 saturated carbocycles. The number of oxime groups is 1. The van der Waals surface area contributed by atoms with Gasteiger partial charge < -0.3 is 14.3 Å². The molecule has 6 nitrogen and oxygen atoms in total. The number of benzene rings is 3. The summed E-state index contributed by atoms with van der Waals surface area (Å²) in [5.41, 5.74) is -0.958. The molecule has 1 unspecified atom stereocenters. The van der Waals surface area contributed by atoms with E-state index in [4.69, 9.17) is 14.3 Å². The topological polar surface area (TPSA) is 62.0 Å². The third-order valence-electron chi connectivity index (χ3n) is 7.53. The van der Waals surface area contributed by atoms with Crippen molar-refractivity contribution in [2.45, 2.75) is 30.6 Å². The number of thioether (sulfide) groups is 1. The maximum atomic E-state index is 15.8. The molecule has 12 heteroatoms. The van der Waals surface area contributed by atoms with Crippen LogP contribution in [0.25, 0.3) is 11.1 Å². The van der Waals surface area contributed by atoms with E-state index >= 15 is 8.78 Å². The Kier molecular flexibility index (Phi) is 7.41. The third kappa shape index (κ3) is 4.93. The monoisotopic (exact) mass is 614 g/mol. The molecule has 0 amide bonds. The first-order valence-electron chi connectivity index (χ1n) is 13.1. The van der Waals surface area contributed by atoms with Gasteiger partial charge in [0.1, 0.15) is 18.6 Å². The zero-order valence-corrected chi connectivity index (χ0v) is 23.6. The summed E-state index contributed by atoms with van der Waals surface area (Å²) in [7, 11) is 1.36. The molecular formula is C31H23F5N2O4S. The number of halogens is 5. The highest BCUT2D eigenvalue weighted by atomic mass is 32.2. The van der Waals surface area contributed by atoms with Gasteiger partial charge in [-0.25, -0.2) is 8.78 Å². The summed E-state index contributed by atoms with van der Waals surface area (Å²) in [6.07, 6.45) is -5.32. The van der Waals surface area contributed by atoms with Gasteiger partial charge in [0.15, 0.2) is 11.6 Å². The zero-order chi connectivity index (χ0) is 30.5. The van der Waals surface area contributed by atoms with Crippen LogP contribution < -0.4 is 15.0 Å². The van der Waals surface area contributed by atoms with Gasteiger partial charge in [-0.1, -0.05) is 41.6 Å². The largest absolute Gasteiger partial charge is 0.453 e. The standard InChI is InChI=1S/C31H23F5N2O4S/c1-16-19(13-20-21(31(34,35)36)9-6-10-22(20)32)30-38(23(14-43-30)27(37-40-2)17-7-4-3-5-8-17)29(39)25(16)18-11-12-24-28(26(18)33)42-15-41-24/h3-12,23H,13-15H2,1-2H3/b37-27+. The molecule has 3 aromatic carbocycles. The van der Waals surface area contributed by atoms with Gasteiger partial charge in [0.05, 0.1) is 22.2 Å². The molecule has 0 bridgehead atoms. The predicted molar refractivity (Wildman–Crippen MR) is 151 cm³/mol. The smallest absolute Gasteiger partial charge is 0.416 e. The van der Waals surface area contributed by atoms with Crippen LogP contribution in [0.5, 0.6) is 11.5 Å². The van der Waals surface area contributed by atoms with Gasteiger partial charge >= 0.3 is 6.18 Å². The van der Waals surface area contributed by atoms with Crippen molar-refractivity contribution < 1.29 is 36.3 Å². The van der Waals surface area contributed by atoms with E-state index < -0.39 is 47.0 Å². The molecule has 0 saturated heterocycles. The van der Waals surface area contributed by atoms with E-state index in [2.05, 4.69) is 5.16 Å². The Morgan fingerprint density at radius 1 is 1.05 bits per heavy atom. The van der Waals surface area contributed by atoms with E-state index in [9.17, 15) is 18.0 Å². The van der Waals surface area contributed by atoms with Gasteiger partial charge in [0.2, 0.25) is 12.5 Å². The van der Waals surface area contributed by atoms with Crippen LogP contribution in [0.4, 0.5) is 22.0 Å². The molecule has 4 aromatic rings. The Morgan fingerprint density at radius 2 is 1.81 bits per heavy atom. The summed E-state index contributed by atoms with van der Waals surface area (Å²) < 4.78 is 84.9. The zero-order valence-electron chi connectivity index (χ0n) is 22.8. The van der Waals surface area contributed by atoms with Crippen LogP contribution in [0.1, 0.15) is 33.9 Å². The summed E-state index contributed by atoms with van der Waals surface area (Å²) in [6, 6.07) is 13.8. The number of nitrogens with zero attached hydrogens (tertiary/aromatic N) is 2. The fourth-order valence-corrected chi connectivity index (χ4v) is 6.93. The normalized spacial score (nSPS) is 16.0. The Balaban J connectivity index is 1.63. The van der Waals surface area contributed by atoms with E-state index in [1.54, 1.807) is 24.3 Å². The van der Waals surface area contributed by atoms with Gasteiger partial charge in [0.25, 0.3) is 5.56 Å². The molecule has 0 aliphatic carbocycles. The lowest BCUT2D eigenvalue weighted by molar-refractivity contribution is -0.138. The second-order valence-electron chi connectivity index (χ2n) is 9.91. The van der Waals surface area contributed by atoms with Crippen LogP contribution in [0, 0.1) is 18.6 Å². The lowest BCUT2D eigenvalue weighted by Crippen LogP contribution is -2.32. The minimum absolute atomic E-state index is 0.0863. The number of hydrogen-bond donors (Lipinski definition) is 0. The summed E-state index contributed by atoms with van der Waals surface area (Å²) >= 11 is 1.23. The number of hydrogen-bond acceptors (Lipinski definition) is 6. The number of fused-ring (bicyclic) bond motifs is 2. The number of pyridine rings is 1. The van der Waals surface area contributed by atoms with E-state index in [0.29, 0.717) is 16.3 Å². The highest BCUT2D eigenvalue weighted by Crippen LogP contribution is 2.45. The van der Waals surface area contributed by atoms with Crippen molar-refractivity contribution in [1.82, 2.24) is 4.57 Å². The molecule has 1 atom stereocenters. The van der Waals surface area contributed by atoms with Crippen molar-refractivity contribution in [3.05, 3.63) is 110 Å². The maximum absolute atomic E-state index is 15.8. The van der Waals surface area contributed by atoms with E-state index in [1.807, 2.05) is 6.07 Å². The first-order chi connectivity index (χ1) is 20.6. The fraction of sp³-hybridized carbons (Fsp3) is 0.226. The molecule has 6 rings (SSSR count). The molecular weight excluding hydrogens is 591 g/mol. The molecule has 222 valence electrons. The number of ether oxygens (including phenoxy) is 2. The van der Waals surface area contributed by atoms with E-state index in [1.165, 1.54) is 42.5 Å². The second kappa shape index (κ2) is 11.1. The first kappa shape index (κ1) is 28.8. The third-order valence-corrected chi connectivity index (χ3v) is 8.73. The molecule has 3 heterocycles. The Labute approximate surface area is 246 Å². The van der Waals surface area contributed by atoms with Crippen molar-refractivity contribution in [3.8, 4) is 22.6 Å². The Morgan fingerprint density at radius 3 is 2.53 bits per heavy atom. The number of alkyl halides is 3. The van der Waals surface area contributed by atoms with Gasteiger partial charge in [0, 0.05) is 28.9 Å². The molecule has 2 aliphatic rings. The van der Waals surface area contributed by atoms with E-state index in [-0.39, 0.29) is 46.3 Å². The first-order valence-corrected chi connectivity index (χ1v) is 14.1. The molecule has 0 N–H and O–H groups in total. The summed E-state index contributed by atoms with van der Waals surface area (Å²) in [5.74, 6) is -1.63. The molecule has 0 radical (unpaired) electrons. The Bertz CT molecular complexity index is 1820. The summed E-state index contributed by atoms with van der Waals surface area (Å²) in [4.78, 5) is 19.5. The second-order valence-corrected chi connectivity index (χ2v) is 10.9. The van der Waals surface area contributed by atoms with Crippen LogP contribution >= 0.6 is 11.8 Å². The summed E-state index contributed by atoms with van der Waals surface area (Å²) in [6.45, 7) is 1.32. The quantitative estimate of drug-likeness (QED) is 0.131. The molecule has 0 fully saturated rings. The predicted octanol–water partition coefficient (Wildman–Crippen LogP) is 7.14. The van der Waals surface area contributed by atoms with Crippen LogP contribution in [0.3, 0.4) is 0 Å². The van der Waals surface area contributed by atoms with Crippen molar-refractivity contribution in [1.29, 1.82) is 0 Å². The highest BCUT2D eigenvalue weighted by Gasteiger charge is 2.38. The van der Waals surface area contributed by atoms with E-state index in [0.717, 1.165) is 18.2 Å². The van der Waals surface area contributed by atoms with Crippen molar-refractivity contribution in [2.75, 3.05) is 19.7 Å². The molecule has 0 spiro atoms. The van der Waals surface area contributed by atoms with Crippen molar-refractivity contribution in [2.24, 2.45) is 5.16 Å². The average molecular weight is 615 g/mol. The fourth-order valence-electron chi connectivity index (χ4n) is 5.55. The van der Waals surface area contributed by atoms with Crippen molar-refractivity contribution in [3.63, 3.8) is 0 Å². The van der Waals surface area contributed by atoms with Crippen LogP contribution in [-0.2, 0) is 17.4 Å². The SMILES string of the molecule is CO/N=C(\c1ccccc1)C1CSc2c(Cc3c(F)cccc3C(F)(F)F)c(C)c(-c3ccc4c(c3F)OCO4)c(=O)n21. The van der Waals surface area contributed by atoms with Gasteiger partial charge in [-0.05, 0) is 42.3 Å². The van der Waals surface area contributed by atoms with Crippen molar-refractivity contribution >= 4 is 17.5 Å². The van der Waals surface area contributed by atoms with Gasteiger partial charge in [-0.3, -0.25) is 9.36 Å². The van der Waals surface area contributed by atoms with Gasteiger partial charge in [-0.15, -0.1) is 11.8 Å². The highest BCUT2D eigenvalue weighted by molar-refractivity contribution is 7.99.